The van der Waals surface area contributed by atoms with Crippen LogP contribution >= 0.6 is 0 Å². The molecule has 1 aromatic carbocycles. The zero-order valence-corrected chi connectivity index (χ0v) is 16.0. The molecule has 2 saturated heterocycles. The molecule has 2 aliphatic rings. The summed E-state index contributed by atoms with van der Waals surface area (Å²) in [5, 5.41) is 5.53. The molecule has 1 unspecified atom stereocenters. The SMILES string of the molecule is COCC(=O)Nc1ccc(NC(=O)N2CCN(C(=O)C3CCCO3)CC2)cc1. The lowest BCUT2D eigenvalue weighted by Gasteiger charge is -2.35. The van der Waals surface area contributed by atoms with Gasteiger partial charge in [0.05, 0.1) is 0 Å². The highest BCUT2D eigenvalue weighted by atomic mass is 16.5. The summed E-state index contributed by atoms with van der Waals surface area (Å²) in [5.41, 5.74) is 1.26. The van der Waals surface area contributed by atoms with Gasteiger partial charge in [-0.2, -0.15) is 0 Å². The Hall–Kier alpha value is -2.65. The van der Waals surface area contributed by atoms with E-state index in [1.54, 1.807) is 34.1 Å². The molecule has 2 N–H and O–H groups in total. The number of ether oxygens (including phenoxy) is 2. The van der Waals surface area contributed by atoms with Crippen LogP contribution in [0, 0.1) is 0 Å². The Morgan fingerprint density at radius 3 is 2.21 bits per heavy atom. The van der Waals surface area contributed by atoms with Crippen molar-refractivity contribution in [3.8, 4) is 0 Å². The van der Waals surface area contributed by atoms with Gasteiger partial charge >= 0.3 is 6.03 Å². The van der Waals surface area contributed by atoms with Crippen molar-refractivity contribution in [1.29, 1.82) is 0 Å². The van der Waals surface area contributed by atoms with E-state index in [1.165, 1.54) is 7.11 Å². The Kier molecular flexibility index (Phi) is 6.83. The Morgan fingerprint density at radius 2 is 1.64 bits per heavy atom. The zero-order chi connectivity index (χ0) is 19.9. The van der Waals surface area contributed by atoms with Crippen molar-refractivity contribution in [2.75, 3.05) is 57.1 Å². The average molecular weight is 390 g/mol. The van der Waals surface area contributed by atoms with Crippen LogP contribution in [0.25, 0.3) is 0 Å². The van der Waals surface area contributed by atoms with E-state index < -0.39 is 0 Å². The number of nitrogens with zero attached hydrogens (tertiary/aromatic N) is 2. The van der Waals surface area contributed by atoms with Crippen molar-refractivity contribution in [2.24, 2.45) is 0 Å². The maximum atomic E-state index is 12.4. The molecule has 9 nitrogen and oxygen atoms in total. The first kappa shape index (κ1) is 20.1. The number of nitrogens with one attached hydrogen (secondary N) is 2. The van der Waals surface area contributed by atoms with E-state index in [2.05, 4.69) is 10.6 Å². The van der Waals surface area contributed by atoms with Crippen LogP contribution in [0.2, 0.25) is 0 Å². The lowest BCUT2D eigenvalue weighted by atomic mass is 10.2. The van der Waals surface area contributed by atoms with Gasteiger partial charge in [0, 0.05) is 51.3 Å². The van der Waals surface area contributed by atoms with Gasteiger partial charge in [-0.15, -0.1) is 0 Å². The molecule has 0 bridgehead atoms. The molecular formula is C19H26N4O5. The third-order valence-corrected chi connectivity index (χ3v) is 4.78. The molecule has 0 radical (unpaired) electrons. The highest BCUT2D eigenvalue weighted by Gasteiger charge is 2.31. The number of carbonyl (C=O) groups is 3. The third-order valence-electron chi connectivity index (χ3n) is 4.78. The molecule has 0 spiro atoms. The van der Waals surface area contributed by atoms with Gasteiger partial charge in [0.15, 0.2) is 0 Å². The number of piperazine rings is 1. The predicted molar refractivity (Wildman–Crippen MR) is 103 cm³/mol. The number of hydrogen-bond acceptors (Lipinski definition) is 5. The number of carbonyl (C=O) groups excluding carboxylic acids is 3. The van der Waals surface area contributed by atoms with Crippen LogP contribution < -0.4 is 10.6 Å². The van der Waals surface area contributed by atoms with Crippen LogP contribution in [-0.2, 0) is 19.1 Å². The van der Waals surface area contributed by atoms with Crippen molar-refractivity contribution in [3.63, 3.8) is 0 Å². The third kappa shape index (κ3) is 5.20. The summed E-state index contributed by atoms with van der Waals surface area (Å²) in [6, 6.07) is 6.65. The van der Waals surface area contributed by atoms with Crippen LogP contribution in [0.15, 0.2) is 24.3 Å². The van der Waals surface area contributed by atoms with Crippen molar-refractivity contribution < 1.29 is 23.9 Å². The number of urea groups is 1. The molecule has 2 fully saturated rings. The molecular weight excluding hydrogens is 364 g/mol. The fourth-order valence-electron chi connectivity index (χ4n) is 3.27. The van der Waals surface area contributed by atoms with E-state index >= 15 is 0 Å². The smallest absolute Gasteiger partial charge is 0.321 e. The van der Waals surface area contributed by atoms with Crippen molar-refractivity contribution in [1.82, 2.24) is 9.80 Å². The fraction of sp³-hybridized carbons (Fsp3) is 0.526. The summed E-state index contributed by atoms with van der Waals surface area (Å²) in [4.78, 5) is 39.8. The normalized spacial score (nSPS) is 19.4. The quantitative estimate of drug-likeness (QED) is 0.785. The first-order valence-corrected chi connectivity index (χ1v) is 9.42. The van der Waals surface area contributed by atoms with Gasteiger partial charge in [-0.1, -0.05) is 0 Å². The summed E-state index contributed by atoms with van der Waals surface area (Å²) < 4.78 is 10.2. The lowest BCUT2D eigenvalue weighted by Crippen LogP contribution is -2.53. The van der Waals surface area contributed by atoms with Crippen LogP contribution in [0.3, 0.4) is 0 Å². The molecule has 0 aromatic heterocycles. The second kappa shape index (κ2) is 9.52. The van der Waals surface area contributed by atoms with Gasteiger partial charge in [-0.05, 0) is 37.1 Å². The highest BCUT2D eigenvalue weighted by Crippen LogP contribution is 2.17. The van der Waals surface area contributed by atoms with Gasteiger partial charge in [0.2, 0.25) is 5.91 Å². The van der Waals surface area contributed by atoms with E-state index in [1.807, 2.05) is 0 Å². The largest absolute Gasteiger partial charge is 0.375 e. The topological polar surface area (TPSA) is 100 Å². The lowest BCUT2D eigenvalue weighted by molar-refractivity contribution is -0.142. The molecule has 0 aliphatic carbocycles. The van der Waals surface area contributed by atoms with Crippen LogP contribution in [-0.4, -0.2) is 80.3 Å². The Bertz CT molecular complexity index is 695. The highest BCUT2D eigenvalue weighted by molar-refractivity contribution is 5.93. The first-order valence-electron chi connectivity index (χ1n) is 9.42. The zero-order valence-electron chi connectivity index (χ0n) is 16.0. The summed E-state index contributed by atoms with van der Waals surface area (Å²) in [5.74, 6) is -0.210. The van der Waals surface area contributed by atoms with Gasteiger partial charge in [-0.25, -0.2) is 4.79 Å². The minimum atomic E-state index is -0.316. The predicted octanol–water partition coefficient (Wildman–Crippen LogP) is 1.13. The maximum Gasteiger partial charge on any atom is 0.321 e. The number of methoxy groups -OCH3 is 1. The summed E-state index contributed by atoms with van der Waals surface area (Å²) >= 11 is 0. The molecule has 152 valence electrons. The Morgan fingerprint density at radius 1 is 1.04 bits per heavy atom. The molecule has 1 atom stereocenters. The molecule has 28 heavy (non-hydrogen) atoms. The van der Waals surface area contributed by atoms with E-state index in [0.29, 0.717) is 44.2 Å². The molecule has 0 saturated carbocycles. The Labute approximate surface area is 163 Å². The first-order chi connectivity index (χ1) is 13.6. The number of benzene rings is 1. The van der Waals surface area contributed by atoms with Crippen molar-refractivity contribution >= 4 is 29.2 Å². The van der Waals surface area contributed by atoms with Crippen LogP contribution in [0.4, 0.5) is 16.2 Å². The van der Waals surface area contributed by atoms with E-state index in [-0.39, 0.29) is 30.6 Å². The monoisotopic (exact) mass is 390 g/mol. The minimum absolute atomic E-state index is 0.0140. The molecule has 2 heterocycles. The van der Waals surface area contributed by atoms with Gasteiger partial charge in [-0.3, -0.25) is 9.59 Å². The fourth-order valence-corrected chi connectivity index (χ4v) is 3.27. The van der Waals surface area contributed by atoms with Crippen molar-refractivity contribution in [3.05, 3.63) is 24.3 Å². The van der Waals surface area contributed by atoms with Crippen LogP contribution in [0.5, 0.6) is 0 Å². The minimum Gasteiger partial charge on any atom is -0.375 e. The van der Waals surface area contributed by atoms with Crippen LogP contribution in [0.1, 0.15) is 12.8 Å². The second-order valence-electron chi connectivity index (χ2n) is 6.80. The number of amides is 4. The number of hydrogen-bond donors (Lipinski definition) is 2. The summed E-state index contributed by atoms with van der Waals surface area (Å²) in [6.45, 7) is 2.62. The molecule has 9 heteroatoms. The Balaban J connectivity index is 1.45. The van der Waals surface area contributed by atoms with Gasteiger partial charge in [0.25, 0.3) is 5.91 Å². The number of anilines is 2. The van der Waals surface area contributed by atoms with E-state index in [9.17, 15) is 14.4 Å². The second-order valence-corrected chi connectivity index (χ2v) is 6.80. The average Bonchev–Trinajstić information content (AvgIpc) is 3.24. The molecule has 3 rings (SSSR count). The van der Waals surface area contributed by atoms with E-state index in [4.69, 9.17) is 9.47 Å². The summed E-state index contributed by atoms with van der Waals surface area (Å²) in [7, 11) is 1.45. The van der Waals surface area contributed by atoms with E-state index in [0.717, 1.165) is 12.8 Å². The van der Waals surface area contributed by atoms with Gasteiger partial charge in [0.1, 0.15) is 12.7 Å². The van der Waals surface area contributed by atoms with Crippen molar-refractivity contribution in [2.45, 2.75) is 18.9 Å². The standard InChI is InChI=1S/C19H26N4O5/c1-27-13-17(24)20-14-4-6-15(7-5-14)21-19(26)23-10-8-22(9-11-23)18(25)16-3-2-12-28-16/h4-7,16H,2-3,8-13H2,1H3,(H,20,24)(H,21,26). The molecule has 2 aliphatic heterocycles. The van der Waals surface area contributed by atoms with Gasteiger partial charge < -0.3 is 29.9 Å². The number of rotatable bonds is 5. The summed E-state index contributed by atoms with van der Waals surface area (Å²) in [6.07, 6.45) is 1.39. The molecule has 4 amide bonds. The maximum absolute atomic E-state index is 12.4. The molecule has 1 aromatic rings.